The molecule has 1 aliphatic rings. The molecule has 0 saturated heterocycles. The summed E-state index contributed by atoms with van der Waals surface area (Å²) >= 11 is 0. The van der Waals surface area contributed by atoms with Gasteiger partial charge in [-0.1, -0.05) is 6.07 Å². The molecule has 1 aliphatic heterocycles. The molecule has 0 bridgehead atoms. The van der Waals surface area contributed by atoms with Crippen molar-refractivity contribution in [3.05, 3.63) is 88.7 Å². The highest BCUT2D eigenvalue weighted by Crippen LogP contribution is 2.33. The van der Waals surface area contributed by atoms with Gasteiger partial charge in [0.25, 0.3) is 5.91 Å². The molecule has 0 aromatic heterocycles. The number of sulfonamides is 1. The second-order valence-corrected chi connectivity index (χ2v) is 8.44. The summed E-state index contributed by atoms with van der Waals surface area (Å²) in [5.74, 6) is -7.62. The number of benzene rings is 3. The van der Waals surface area contributed by atoms with Gasteiger partial charge in [-0.3, -0.25) is 4.79 Å². The van der Waals surface area contributed by atoms with Gasteiger partial charge in [-0.2, -0.15) is 4.72 Å². The van der Waals surface area contributed by atoms with Crippen molar-refractivity contribution in [1.82, 2.24) is 4.72 Å². The number of rotatable bonds is 3. The molecule has 4 rings (SSSR count). The second-order valence-electron chi connectivity index (χ2n) is 6.75. The zero-order valence-electron chi connectivity index (χ0n) is 15.7. The lowest BCUT2D eigenvalue weighted by molar-refractivity contribution is 0.102. The lowest BCUT2D eigenvalue weighted by atomic mass is 10.1. The monoisotopic (exact) mass is 469 g/mol. The quantitative estimate of drug-likeness (QED) is 0.399. The summed E-state index contributed by atoms with van der Waals surface area (Å²) in [6.45, 7) is 0. The number of nitrogens with one attached hydrogen (secondary N) is 3. The first-order chi connectivity index (χ1) is 15.1. The van der Waals surface area contributed by atoms with Gasteiger partial charge in [0.1, 0.15) is 22.7 Å². The summed E-state index contributed by atoms with van der Waals surface area (Å²) < 4.78 is 95.3. The van der Waals surface area contributed by atoms with E-state index < -0.39 is 67.3 Å². The molecule has 12 heteroatoms. The molecule has 0 saturated carbocycles. The fraction of sp³-hybridized carbons (Fsp3) is 0.0500. The molecule has 3 aromatic carbocycles. The maximum absolute atomic E-state index is 14.1. The maximum atomic E-state index is 14.1. The first-order valence-corrected chi connectivity index (χ1v) is 10.4. The molecule has 0 spiro atoms. The van der Waals surface area contributed by atoms with E-state index in [-0.39, 0.29) is 11.3 Å². The Kier molecular flexibility index (Phi) is 5.34. The number of halogens is 5. The van der Waals surface area contributed by atoms with E-state index in [1.54, 1.807) is 0 Å². The van der Waals surface area contributed by atoms with Crippen molar-refractivity contribution in [3.8, 4) is 0 Å². The van der Waals surface area contributed by atoms with Crippen LogP contribution in [0.15, 0.2) is 53.4 Å². The standard InChI is InChI=1S/C20H12F5N3O3S/c21-11-2-1-3-12(22)17(11)19-27-15-5-4-9(6-16(15)32(30,31)28-19)20(29)26-10-7-13(23)18(25)14(24)8-10/h1-8,19,27-28H,(H,26,29). The molecule has 6 nitrogen and oxygen atoms in total. The van der Waals surface area contributed by atoms with Gasteiger partial charge in [-0.05, 0) is 30.3 Å². The fourth-order valence-corrected chi connectivity index (χ4v) is 4.47. The van der Waals surface area contributed by atoms with Crippen molar-refractivity contribution in [2.75, 3.05) is 10.6 Å². The maximum Gasteiger partial charge on any atom is 0.255 e. The Morgan fingerprint density at radius 3 is 2.12 bits per heavy atom. The molecule has 1 amide bonds. The van der Waals surface area contributed by atoms with Crippen LogP contribution >= 0.6 is 0 Å². The van der Waals surface area contributed by atoms with Gasteiger partial charge in [0.15, 0.2) is 17.5 Å². The number of amides is 1. The Hall–Kier alpha value is -3.51. The first kappa shape index (κ1) is 21.7. The van der Waals surface area contributed by atoms with Crippen LogP contribution in [-0.4, -0.2) is 14.3 Å². The van der Waals surface area contributed by atoms with Gasteiger partial charge in [0, 0.05) is 23.4 Å². The number of hydrogen-bond donors (Lipinski definition) is 3. The topological polar surface area (TPSA) is 87.3 Å². The summed E-state index contributed by atoms with van der Waals surface area (Å²) in [6.07, 6.45) is -1.45. The smallest absolute Gasteiger partial charge is 0.255 e. The minimum Gasteiger partial charge on any atom is -0.364 e. The molecular formula is C20H12F5N3O3S. The zero-order chi connectivity index (χ0) is 23.2. The van der Waals surface area contributed by atoms with Crippen molar-refractivity contribution in [2.24, 2.45) is 0 Å². The van der Waals surface area contributed by atoms with Gasteiger partial charge in [-0.15, -0.1) is 0 Å². The minimum atomic E-state index is -4.32. The SMILES string of the molecule is O=C(Nc1cc(F)c(F)c(F)c1)c1ccc2c(c1)S(=O)(=O)NC(c1c(F)cccc1F)N2. The Morgan fingerprint density at radius 2 is 1.50 bits per heavy atom. The molecule has 3 aromatic rings. The molecule has 32 heavy (non-hydrogen) atoms. The van der Waals surface area contributed by atoms with E-state index >= 15 is 0 Å². The summed E-state index contributed by atoms with van der Waals surface area (Å²) in [7, 11) is -4.32. The van der Waals surface area contributed by atoms with E-state index in [1.165, 1.54) is 12.1 Å². The second kappa shape index (κ2) is 7.88. The van der Waals surface area contributed by atoms with Crippen LogP contribution in [0.2, 0.25) is 0 Å². The lowest BCUT2D eigenvalue weighted by Crippen LogP contribution is -2.39. The molecule has 1 heterocycles. The van der Waals surface area contributed by atoms with E-state index in [2.05, 4.69) is 15.4 Å². The Morgan fingerprint density at radius 1 is 0.875 bits per heavy atom. The van der Waals surface area contributed by atoms with Gasteiger partial charge in [0.2, 0.25) is 10.0 Å². The summed E-state index contributed by atoms with van der Waals surface area (Å²) in [5.41, 5.74) is -1.18. The van der Waals surface area contributed by atoms with Crippen LogP contribution in [0.3, 0.4) is 0 Å². The van der Waals surface area contributed by atoms with E-state index in [1.807, 2.05) is 0 Å². The zero-order valence-corrected chi connectivity index (χ0v) is 16.5. The normalized spacial score (nSPS) is 16.7. The summed E-state index contributed by atoms with van der Waals surface area (Å²) in [5, 5.41) is 4.78. The van der Waals surface area contributed by atoms with Crippen molar-refractivity contribution in [1.29, 1.82) is 0 Å². The third-order valence-corrected chi connectivity index (χ3v) is 6.10. The van der Waals surface area contributed by atoms with Gasteiger partial charge >= 0.3 is 0 Å². The van der Waals surface area contributed by atoms with Crippen molar-refractivity contribution >= 4 is 27.3 Å². The average molecular weight is 469 g/mol. The van der Waals surface area contributed by atoms with E-state index in [0.29, 0.717) is 12.1 Å². The number of fused-ring (bicyclic) bond motifs is 1. The number of hydrogen-bond acceptors (Lipinski definition) is 4. The van der Waals surface area contributed by atoms with E-state index in [9.17, 15) is 35.2 Å². The fourth-order valence-electron chi connectivity index (χ4n) is 3.16. The Balaban J connectivity index is 1.65. The van der Waals surface area contributed by atoms with Crippen LogP contribution in [0, 0.1) is 29.1 Å². The highest BCUT2D eigenvalue weighted by Gasteiger charge is 2.33. The molecule has 3 N–H and O–H groups in total. The average Bonchev–Trinajstić information content (AvgIpc) is 2.71. The largest absolute Gasteiger partial charge is 0.364 e. The van der Waals surface area contributed by atoms with Gasteiger partial charge < -0.3 is 10.6 Å². The predicted molar refractivity (Wildman–Crippen MR) is 104 cm³/mol. The molecule has 0 aliphatic carbocycles. The lowest BCUT2D eigenvalue weighted by Gasteiger charge is -2.29. The molecular weight excluding hydrogens is 457 g/mol. The third kappa shape index (κ3) is 3.89. The molecule has 1 unspecified atom stereocenters. The van der Waals surface area contributed by atoms with E-state index in [4.69, 9.17) is 0 Å². The van der Waals surface area contributed by atoms with Crippen LogP contribution in [-0.2, 0) is 10.0 Å². The number of carbonyl (C=O) groups excluding carboxylic acids is 1. The highest BCUT2D eigenvalue weighted by atomic mass is 32.2. The summed E-state index contributed by atoms with van der Waals surface area (Å²) in [4.78, 5) is 12.0. The highest BCUT2D eigenvalue weighted by molar-refractivity contribution is 7.89. The van der Waals surface area contributed by atoms with E-state index in [0.717, 1.165) is 24.3 Å². The molecule has 1 atom stereocenters. The van der Waals surface area contributed by atoms with Gasteiger partial charge in [-0.25, -0.2) is 30.4 Å². The van der Waals surface area contributed by atoms with Crippen molar-refractivity contribution < 1.29 is 35.2 Å². The van der Waals surface area contributed by atoms with Crippen molar-refractivity contribution in [3.63, 3.8) is 0 Å². The minimum absolute atomic E-state index is 0.0353. The molecule has 0 fully saturated rings. The third-order valence-electron chi connectivity index (χ3n) is 4.64. The van der Waals surface area contributed by atoms with Gasteiger partial charge in [0.05, 0.1) is 11.3 Å². The Labute approximate surface area is 178 Å². The first-order valence-electron chi connectivity index (χ1n) is 8.89. The van der Waals surface area contributed by atoms with Crippen LogP contribution < -0.4 is 15.4 Å². The van der Waals surface area contributed by atoms with Crippen LogP contribution in [0.25, 0.3) is 0 Å². The number of anilines is 2. The van der Waals surface area contributed by atoms with Crippen LogP contribution in [0.5, 0.6) is 0 Å². The van der Waals surface area contributed by atoms with Crippen LogP contribution in [0.4, 0.5) is 33.3 Å². The van der Waals surface area contributed by atoms with Crippen LogP contribution in [0.1, 0.15) is 22.1 Å². The Bertz CT molecular complexity index is 1320. The summed E-state index contributed by atoms with van der Waals surface area (Å²) in [6, 6.07) is 7.53. The predicted octanol–water partition coefficient (Wildman–Crippen LogP) is 4.04. The number of carbonyl (C=O) groups is 1. The van der Waals surface area contributed by atoms with Crippen molar-refractivity contribution in [2.45, 2.75) is 11.1 Å². The molecule has 166 valence electrons. The molecule has 0 radical (unpaired) electrons.